The number of hydrogen-bond acceptors (Lipinski definition) is 4. The second-order valence-electron chi connectivity index (χ2n) is 7.37. The summed E-state index contributed by atoms with van der Waals surface area (Å²) in [4.78, 5) is 23.9. The van der Waals surface area contributed by atoms with Crippen molar-refractivity contribution in [3.63, 3.8) is 0 Å². The number of benzene rings is 2. The molecule has 0 saturated heterocycles. The lowest BCUT2D eigenvalue weighted by molar-refractivity contribution is -0.150. The maximum Gasteiger partial charge on any atom is 0.344 e. The lowest BCUT2D eigenvalue weighted by Crippen LogP contribution is -2.32. The highest BCUT2D eigenvalue weighted by molar-refractivity contribution is 5.81. The van der Waals surface area contributed by atoms with Crippen molar-refractivity contribution in [2.75, 3.05) is 13.2 Å². The molecule has 1 aliphatic carbocycles. The predicted octanol–water partition coefficient (Wildman–Crippen LogP) is 3.59. The Hall–Kier alpha value is -2.82. The molecule has 2 aromatic rings. The Morgan fingerprint density at radius 3 is 2.57 bits per heavy atom. The van der Waals surface area contributed by atoms with Crippen LogP contribution in [0.25, 0.3) is 0 Å². The number of hydrogen-bond donors (Lipinski definition) is 1. The summed E-state index contributed by atoms with van der Waals surface area (Å²) in [6.07, 6.45) is 3.32. The molecule has 0 heterocycles. The van der Waals surface area contributed by atoms with Crippen LogP contribution in [0.5, 0.6) is 5.75 Å². The van der Waals surface area contributed by atoms with Gasteiger partial charge in [0.25, 0.3) is 5.91 Å². The van der Waals surface area contributed by atoms with Crippen molar-refractivity contribution in [3.8, 4) is 5.75 Å². The van der Waals surface area contributed by atoms with Gasteiger partial charge in [0.05, 0.1) is 6.04 Å². The first-order chi connectivity index (χ1) is 13.4. The number of amides is 1. The molecule has 5 heteroatoms. The van der Waals surface area contributed by atoms with Crippen LogP contribution < -0.4 is 10.1 Å². The number of esters is 1. The van der Waals surface area contributed by atoms with E-state index in [1.54, 1.807) is 0 Å². The van der Waals surface area contributed by atoms with Crippen LogP contribution in [0.15, 0.2) is 36.4 Å². The van der Waals surface area contributed by atoms with Crippen LogP contribution in [0.1, 0.15) is 47.2 Å². The molecule has 0 saturated carbocycles. The predicted molar refractivity (Wildman–Crippen MR) is 107 cm³/mol. The third-order valence-corrected chi connectivity index (χ3v) is 5.20. The average Bonchev–Trinajstić information content (AvgIpc) is 3.14. The lowest BCUT2D eigenvalue weighted by atomic mass is 10.0. The summed E-state index contributed by atoms with van der Waals surface area (Å²) in [5.74, 6) is -0.239. The zero-order chi connectivity index (χ0) is 20.1. The average molecular weight is 381 g/mol. The van der Waals surface area contributed by atoms with Crippen molar-refractivity contribution in [1.82, 2.24) is 5.32 Å². The second kappa shape index (κ2) is 8.91. The molecule has 0 aliphatic heterocycles. The molecule has 0 aromatic heterocycles. The smallest absolute Gasteiger partial charge is 0.344 e. The third kappa shape index (κ3) is 5.12. The van der Waals surface area contributed by atoms with Crippen LogP contribution in [0.4, 0.5) is 0 Å². The van der Waals surface area contributed by atoms with Gasteiger partial charge in [-0.1, -0.05) is 24.3 Å². The monoisotopic (exact) mass is 381 g/mol. The molecule has 1 atom stereocenters. The van der Waals surface area contributed by atoms with Crippen LogP contribution in [-0.4, -0.2) is 25.1 Å². The molecule has 0 fully saturated rings. The summed E-state index contributed by atoms with van der Waals surface area (Å²) in [5.41, 5.74) is 6.03. The van der Waals surface area contributed by atoms with Crippen LogP contribution in [0.2, 0.25) is 0 Å². The molecular formula is C23H27NO4. The van der Waals surface area contributed by atoms with Crippen molar-refractivity contribution in [1.29, 1.82) is 0 Å². The molecule has 1 amide bonds. The van der Waals surface area contributed by atoms with Gasteiger partial charge < -0.3 is 14.8 Å². The minimum absolute atomic E-state index is 0.159. The van der Waals surface area contributed by atoms with Crippen LogP contribution in [-0.2, 0) is 27.2 Å². The number of aryl methyl sites for hydroxylation is 4. The third-order valence-electron chi connectivity index (χ3n) is 5.20. The Balaban J connectivity index is 1.41. The molecule has 0 radical (unpaired) electrons. The number of rotatable bonds is 7. The molecule has 1 N–H and O–H groups in total. The first-order valence-corrected chi connectivity index (χ1v) is 9.69. The Kier molecular flexibility index (Phi) is 6.34. The van der Waals surface area contributed by atoms with Crippen LogP contribution >= 0.6 is 0 Å². The highest BCUT2D eigenvalue weighted by atomic mass is 16.6. The minimum Gasteiger partial charge on any atom is -0.482 e. The second-order valence-corrected chi connectivity index (χ2v) is 7.37. The van der Waals surface area contributed by atoms with E-state index in [9.17, 15) is 9.59 Å². The fourth-order valence-electron chi connectivity index (χ4n) is 3.37. The molecule has 2 aromatic carbocycles. The number of nitrogens with one attached hydrogen (secondary N) is 1. The largest absolute Gasteiger partial charge is 0.482 e. The van der Waals surface area contributed by atoms with Gasteiger partial charge in [0, 0.05) is 0 Å². The van der Waals surface area contributed by atoms with Gasteiger partial charge in [-0.05, 0) is 80.0 Å². The number of carbonyl (C=O) groups excluding carboxylic acids is 2. The van der Waals surface area contributed by atoms with Gasteiger partial charge in [-0.2, -0.15) is 0 Å². The highest BCUT2D eigenvalue weighted by Crippen LogP contribution is 2.26. The van der Waals surface area contributed by atoms with Crippen molar-refractivity contribution in [3.05, 3.63) is 64.2 Å². The molecule has 28 heavy (non-hydrogen) atoms. The Labute approximate surface area is 166 Å². The van der Waals surface area contributed by atoms with Crippen molar-refractivity contribution in [2.24, 2.45) is 0 Å². The number of ether oxygens (including phenoxy) is 2. The van der Waals surface area contributed by atoms with E-state index < -0.39 is 5.97 Å². The van der Waals surface area contributed by atoms with Gasteiger partial charge >= 0.3 is 5.97 Å². The summed E-state index contributed by atoms with van der Waals surface area (Å²) >= 11 is 0. The Morgan fingerprint density at radius 2 is 1.79 bits per heavy atom. The van der Waals surface area contributed by atoms with Gasteiger partial charge in [0.15, 0.2) is 13.2 Å². The first-order valence-electron chi connectivity index (χ1n) is 9.69. The zero-order valence-electron chi connectivity index (χ0n) is 16.7. The van der Waals surface area contributed by atoms with Gasteiger partial charge in [-0.3, -0.25) is 4.79 Å². The summed E-state index contributed by atoms with van der Waals surface area (Å²) in [6, 6.07) is 11.8. The molecular weight excluding hydrogens is 354 g/mol. The normalized spacial score (nSPS) is 13.5. The van der Waals surface area contributed by atoms with E-state index in [1.807, 2.05) is 51.1 Å². The minimum atomic E-state index is -0.561. The molecule has 0 bridgehead atoms. The zero-order valence-corrected chi connectivity index (χ0v) is 16.7. The summed E-state index contributed by atoms with van der Waals surface area (Å²) in [6.45, 7) is 5.46. The summed E-state index contributed by atoms with van der Waals surface area (Å²) in [5, 5.41) is 2.84. The number of carbonyl (C=O) groups is 2. The maximum absolute atomic E-state index is 12.1. The molecule has 0 spiro atoms. The van der Waals surface area contributed by atoms with E-state index in [1.165, 1.54) is 22.3 Å². The molecule has 5 nitrogen and oxygen atoms in total. The van der Waals surface area contributed by atoms with E-state index in [-0.39, 0.29) is 25.2 Å². The first kappa shape index (κ1) is 19.9. The van der Waals surface area contributed by atoms with Gasteiger partial charge in [-0.25, -0.2) is 4.79 Å². The van der Waals surface area contributed by atoms with Crippen molar-refractivity contribution < 1.29 is 19.1 Å². The fourth-order valence-corrected chi connectivity index (χ4v) is 3.37. The van der Waals surface area contributed by atoms with E-state index in [2.05, 4.69) is 11.4 Å². The van der Waals surface area contributed by atoms with E-state index in [0.29, 0.717) is 5.75 Å². The van der Waals surface area contributed by atoms with Gasteiger partial charge in [0.1, 0.15) is 5.75 Å². The van der Waals surface area contributed by atoms with E-state index in [4.69, 9.17) is 9.47 Å². The summed E-state index contributed by atoms with van der Waals surface area (Å²) in [7, 11) is 0. The topological polar surface area (TPSA) is 64.6 Å². The van der Waals surface area contributed by atoms with Gasteiger partial charge in [0.2, 0.25) is 0 Å². The summed E-state index contributed by atoms with van der Waals surface area (Å²) < 4.78 is 10.5. The lowest BCUT2D eigenvalue weighted by Gasteiger charge is -2.16. The van der Waals surface area contributed by atoms with Crippen molar-refractivity contribution in [2.45, 2.75) is 46.1 Å². The number of fused-ring (bicyclic) bond motifs is 1. The van der Waals surface area contributed by atoms with E-state index in [0.717, 1.165) is 24.8 Å². The standard InChI is InChI=1S/C23H27NO4/c1-15-7-8-19(11-16(15)2)17(3)24-22(25)13-28-23(26)14-27-21-10-9-18-5-4-6-20(18)12-21/h7-12,17H,4-6,13-14H2,1-3H3,(H,24,25)/t17-/m1/s1. The van der Waals surface area contributed by atoms with Gasteiger partial charge in [-0.15, -0.1) is 0 Å². The molecule has 3 rings (SSSR count). The quantitative estimate of drug-likeness (QED) is 0.745. The Morgan fingerprint density at radius 1 is 1.00 bits per heavy atom. The molecule has 148 valence electrons. The van der Waals surface area contributed by atoms with Crippen LogP contribution in [0.3, 0.4) is 0 Å². The fraction of sp³-hybridized carbons (Fsp3) is 0.391. The highest BCUT2D eigenvalue weighted by Gasteiger charge is 2.14. The van der Waals surface area contributed by atoms with E-state index >= 15 is 0 Å². The molecule has 1 aliphatic rings. The van der Waals surface area contributed by atoms with Crippen LogP contribution in [0, 0.1) is 13.8 Å². The van der Waals surface area contributed by atoms with Crippen molar-refractivity contribution >= 4 is 11.9 Å². The SMILES string of the molecule is Cc1ccc([C@@H](C)NC(=O)COC(=O)COc2ccc3c(c2)CCC3)cc1C. The Bertz CT molecular complexity index is 875. The maximum atomic E-state index is 12.1. The molecule has 0 unspecified atom stereocenters.